The van der Waals surface area contributed by atoms with E-state index in [1.807, 2.05) is 18.2 Å². The van der Waals surface area contributed by atoms with Gasteiger partial charge in [-0.1, -0.05) is 19.1 Å². The zero-order valence-electron chi connectivity index (χ0n) is 7.78. The van der Waals surface area contributed by atoms with E-state index < -0.39 is 0 Å². The topological polar surface area (TPSA) is 41.8 Å². The second-order valence-electron chi connectivity index (χ2n) is 2.92. The van der Waals surface area contributed by atoms with Gasteiger partial charge >= 0.3 is 0 Å². The maximum Gasteiger partial charge on any atom is 0.175 e. The van der Waals surface area contributed by atoms with Gasteiger partial charge in [0.15, 0.2) is 11.6 Å². The lowest BCUT2D eigenvalue weighted by molar-refractivity contribution is 0.576. The van der Waals surface area contributed by atoms with Gasteiger partial charge in [-0.05, 0) is 24.6 Å². The molecule has 0 atom stereocenters. The van der Waals surface area contributed by atoms with E-state index in [-0.39, 0.29) is 0 Å². The molecule has 0 aromatic carbocycles. The number of H-pyrrole nitrogens is 1. The minimum Gasteiger partial charge on any atom is -0.461 e. The van der Waals surface area contributed by atoms with Gasteiger partial charge < -0.3 is 9.40 Å². The Kier molecular flexibility index (Phi) is 2.45. The first-order valence-corrected chi connectivity index (χ1v) is 4.84. The third-order valence-corrected chi connectivity index (χ3v) is 2.14. The number of rotatable bonds is 2. The maximum atomic E-state index is 5.23. The van der Waals surface area contributed by atoms with Gasteiger partial charge in [-0.2, -0.15) is 0 Å². The highest BCUT2D eigenvalue weighted by atomic mass is 32.1. The Hall–Kier alpha value is -1.42. The molecule has 0 amide bonds. The highest BCUT2D eigenvalue weighted by Gasteiger charge is 2.03. The van der Waals surface area contributed by atoms with E-state index >= 15 is 0 Å². The summed E-state index contributed by atoms with van der Waals surface area (Å²) in [7, 11) is 0. The van der Waals surface area contributed by atoms with Crippen LogP contribution in [-0.4, -0.2) is 9.97 Å². The van der Waals surface area contributed by atoms with E-state index in [9.17, 15) is 0 Å². The lowest BCUT2D eigenvalue weighted by atomic mass is 10.3. The Balaban J connectivity index is 2.54. The second-order valence-corrected chi connectivity index (χ2v) is 3.34. The molecule has 0 bridgehead atoms. The molecule has 4 heteroatoms. The van der Waals surface area contributed by atoms with Crippen molar-refractivity contribution in [3.8, 4) is 11.6 Å². The number of nitrogens with one attached hydrogen (secondary N) is 1. The minimum atomic E-state index is 0.590. The molecule has 0 saturated heterocycles. The van der Waals surface area contributed by atoms with Crippen molar-refractivity contribution < 1.29 is 4.42 Å². The molecular weight excluding hydrogens is 196 g/mol. The first-order valence-electron chi connectivity index (χ1n) is 4.43. The summed E-state index contributed by atoms with van der Waals surface area (Å²) in [5, 5.41) is 0. The molecule has 2 aromatic rings. The molecule has 2 heterocycles. The van der Waals surface area contributed by atoms with E-state index in [0.717, 1.165) is 12.1 Å². The highest BCUT2D eigenvalue weighted by Crippen LogP contribution is 2.15. The summed E-state index contributed by atoms with van der Waals surface area (Å²) in [5.41, 5.74) is 1.07. The fourth-order valence-electron chi connectivity index (χ4n) is 1.23. The first kappa shape index (κ1) is 9.15. The third-order valence-electron chi connectivity index (χ3n) is 1.93. The normalized spacial score (nSPS) is 10.4. The van der Waals surface area contributed by atoms with Crippen LogP contribution in [0, 0.1) is 4.64 Å². The number of hydrogen-bond donors (Lipinski definition) is 1. The summed E-state index contributed by atoms with van der Waals surface area (Å²) >= 11 is 5.05. The van der Waals surface area contributed by atoms with Crippen molar-refractivity contribution in [2.24, 2.45) is 0 Å². The van der Waals surface area contributed by atoms with Gasteiger partial charge in [-0.3, -0.25) is 0 Å². The molecule has 0 unspecified atom stereocenters. The van der Waals surface area contributed by atoms with Crippen molar-refractivity contribution in [2.75, 3.05) is 0 Å². The molecule has 14 heavy (non-hydrogen) atoms. The number of aromatic amines is 1. The molecule has 2 rings (SSSR count). The summed E-state index contributed by atoms with van der Waals surface area (Å²) in [6.45, 7) is 2.06. The number of nitrogens with zero attached hydrogens (tertiary/aromatic N) is 1. The predicted molar refractivity (Wildman–Crippen MR) is 56.5 cm³/mol. The van der Waals surface area contributed by atoms with Gasteiger partial charge in [-0.25, -0.2) is 4.98 Å². The average molecular weight is 206 g/mol. The number of aryl methyl sites for hydroxylation is 1. The van der Waals surface area contributed by atoms with E-state index in [1.54, 1.807) is 6.26 Å². The van der Waals surface area contributed by atoms with Crippen LogP contribution in [0.4, 0.5) is 0 Å². The molecule has 3 nitrogen and oxygen atoms in total. The standard InChI is InChI=1S/C10H10N2OS/c1-2-7-6-9(14)12-10(11-7)8-4-3-5-13-8/h3-6H,2H2,1H3,(H,11,12,14). The molecule has 0 radical (unpaired) electrons. The van der Waals surface area contributed by atoms with Crippen LogP contribution < -0.4 is 0 Å². The third kappa shape index (κ3) is 1.75. The summed E-state index contributed by atoms with van der Waals surface area (Å²) in [5.74, 6) is 1.41. The Labute approximate surface area is 86.8 Å². The van der Waals surface area contributed by atoms with Gasteiger partial charge in [-0.15, -0.1) is 0 Å². The highest BCUT2D eigenvalue weighted by molar-refractivity contribution is 7.71. The molecule has 0 saturated carbocycles. The molecule has 0 fully saturated rings. The van der Waals surface area contributed by atoms with Gasteiger partial charge in [0.05, 0.1) is 6.26 Å². The Morgan fingerprint density at radius 1 is 1.57 bits per heavy atom. The largest absolute Gasteiger partial charge is 0.461 e. The van der Waals surface area contributed by atoms with Crippen molar-refractivity contribution in [3.63, 3.8) is 0 Å². The molecule has 72 valence electrons. The fourth-order valence-corrected chi connectivity index (χ4v) is 1.46. The van der Waals surface area contributed by atoms with Crippen LogP contribution in [0.25, 0.3) is 11.6 Å². The average Bonchev–Trinajstić information content (AvgIpc) is 2.69. The van der Waals surface area contributed by atoms with Crippen LogP contribution in [0.1, 0.15) is 12.6 Å². The van der Waals surface area contributed by atoms with E-state index in [1.165, 1.54) is 0 Å². The quantitative estimate of drug-likeness (QED) is 0.768. The van der Waals surface area contributed by atoms with E-state index in [4.69, 9.17) is 16.6 Å². The molecule has 0 aliphatic carbocycles. The summed E-state index contributed by atoms with van der Waals surface area (Å²) in [6.07, 6.45) is 2.52. The Bertz CT molecular complexity index is 473. The van der Waals surface area contributed by atoms with Crippen molar-refractivity contribution in [1.82, 2.24) is 9.97 Å². The van der Waals surface area contributed by atoms with Gasteiger partial charge in [0.1, 0.15) is 4.64 Å². The summed E-state index contributed by atoms with van der Waals surface area (Å²) in [4.78, 5) is 7.36. The molecule has 2 aromatic heterocycles. The summed E-state index contributed by atoms with van der Waals surface area (Å²) in [6, 6.07) is 5.54. The first-order chi connectivity index (χ1) is 6.79. The minimum absolute atomic E-state index is 0.590. The van der Waals surface area contributed by atoms with Gasteiger partial charge in [0.25, 0.3) is 0 Å². The van der Waals surface area contributed by atoms with Gasteiger partial charge in [0, 0.05) is 5.69 Å². The van der Waals surface area contributed by atoms with Crippen molar-refractivity contribution >= 4 is 12.2 Å². The van der Waals surface area contributed by atoms with Crippen LogP contribution >= 0.6 is 12.2 Å². The SMILES string of the molecule is CCc1cc(=S)nc(-c2ccco2)[nH]1. The van der Waals surface area contributed by atoms with Crippen molar-refractivity contribution in [1.29, 1.82) is 0 Å². The van der Waals surface area contributed by atoms with Crippen LogP contribution in [0.3, 0.4) is 0 Å². The molecular formula is C10H10N2OS. The van der Waals surface area contributed by atoms with Crippen LogP contribution in [0.15, 0.2) is 28.9 Å². The number of aromatic nitrogens is 2. The predicted octanol–water partition coefficient (Wildman–Crippen LogP) is 2.96. The maximum absolute atomic E-state index is 5.23. The van der Waals surface area contributed by atoms with Gasteiger partial charge in [0.2, 0.25) is 0 Å². The van der Waals surface area contributed by atoms with E-state index in [2.05, 4.69) is 16.9 Å². The van der Waals surface area contributed by atoms with Crippen molar-refractivity contribution in [3.05, 3.63) is 34.8 Å². The van der Waals surface area contributed by atoms with E-state index in [0.29, 0.717) is 16.2 Å². The number of hydrogen-bond acceptors (Lipinski definition) is 3. The molecule has 1 N–H and O–H groups in total. The lowest BCUT2D eigenvalue weighted by Crippen LogP contribution is -1.93. The number of furan rings is 1. The molecule has 0 aliphatic rings. The van der Waals surface area contributed by atoms with Crippen LogP contribution in [-0.2, 0) is 6.42 Å². The monoisotopic (exact) mass is 206 g/mol. The second kappa shape index (κ2) is 3.75. The zero-order chi connectivity index (χ0) is 9.97. The Morgan fingerprint density at radius 3 is 3.07 bits per heavy atom. The zero-order valence-corrected chi connectivity index (χ0v) is 8.60. The summed E-state index contributed by atoms with van der Waals surface area (Å²) < 4.78 is 5.82. The molecule has 0 aliphatic heterocycles. The van der Waals surface area contributed by atoms with Crippen LogP contribution in [0.5, 0.6) is 0 Å². The smallest absolute Gasteiger partial charge is 0.175 e. The van der Waals surface area contributed by atoms with Crippen LogP contribution in [0.2, 0.25) is 0 Å². The fraction of sp³-hybridized carbons (Fsp3) is 0.200. The van der Waals surface area contributed by atoms with Crippen molar-refractivity contribution in [2.45, 2.75) is 13.3 Å². The molecule has 0 spiro atoms. The Morgan fingerprint density at radius 2 is 2.43 bits per heavy atom. The lowest BCUT2D eigenvalue weighted by Gasteiger charge is -2.00.